The number of rotatable bonds is 2. The number of nitrogens with zero attached hydrogens (tertiary/aromatic N) is 1. The van der Waals surface area contributed by atoms with Crippen molar-refractivity contribution in [1.82, 2.24) is 4.98 Å². The van der Waals surface area contributed by atoms with Crippen LogP contribution in [-0.2, 0) is 6.42 Å². The lowest BCUT2D eigenvalue weighted by Gasteiger charge is -2.01. The molecular weight excluding hydrogens is 252 g/mol. The maximum atomic E-state index is 6.01. The molecule has 0 bridgehead atoms. The molecule has 0 radical (unpaired) electrons. The average molecular weight is 263 g/mol. The lowest BCUT2D eigenvalue weighted by Crippen LogP contribution is -1.99. The van der Waals surface area contributed by atoms with Crippen molar-refractivity contribution in [3.05, 3.63) is 33.7 Å². The lowest BCUT2D eigenvalue weighted by atomic mass is 10.1. The Hall–Kier alpha value is -1.06. The summed E-state index contributed by atoms with van der Waals surface area (Å²) in [6.07, 6.45) is 3.56. The minimum Gasteiger partial charge on any atom is -0.359 e. The van der Waals surface area contributed by atoms with Crippen LogP contribution in [0.3, 0.4) is 0 Å². The molecule has 1 N–H and O–H groups in total. The second-order valence-corrected chi connectivity index (χ2v) is 6.21. The van der Waals surface area contributed by atoms with Crippen molar-refractivity contribution in [3.8, 4) is 11.3 Å². The molecular formula is C13H11ClN2S. The van der Waals surface area contributed by atoms with E-state index in [1.807, 2.05) is 6.07 Å². The largest absolute Gasteiger partial charge is 0.359 e. The molecule has 86 valence electrons. The second kappa shape index (κ2) is 3.47. The summed E-state index contributed by atoms with van der Waals surface area (Å²) in [5.41, 5.74) is 3.72. The first-order valence-corrected chi connectivity index (χ1v) is 7.04. The normalized spacial score (nSPS) is 16.8. The van der Waals surface area contributed by atoms with Crippen molar-refractivity contribution in [2.45, 2.75) is 25.3 Å². The van der Waals surface area contributed by atoms with E-state index in [-0.39, 0.29) is 0 Å². The molecule has 17 heavy (non-hydrogen) atoms. The van der Waals surface area contributed by atoms with Crippen LogP contribution in [0.1, 0.15) is 23.3 Å². The number of benzene rings is 1. The van der Waals surface area contributed by atoms with E-state index < -0.39 is 0 Å². The van der Waals surface area contributed by atoms with Crippen molar-refractivity contribution in [1.29, 1.82) is 0 Å². The van der Waals surface area contributed by atoms with Gasteiger partial charge in [-0.3, -0.25) is 0 Å². The van der Waals surface area contributed by atoms with Crippen molar-refractivity contribution < 1.29 is 0 Å². The quantitative estimate of drug-likeness (QED) is 0.757. The van der Waals surface area contributed by atoms with Crippen LogP contribution in [0, 0.1) is 0 Å². The number of halogens is 1. The number of fused-ring (bicyclic) bond motifs is 3. The third-order valence-electron chi connectivity index (χ3n) is 3.28. The van der Waals surface area contributed by atoms with E-state index in [1.165, 1.54) is 28.8 Å². The molecule has 2 nitrogen and oxygen atoms in total. The monoisotopic (exact) mass is 262 g/mol. The van der Waals surface area contributed by atoms with Gasteiger partial charge in [0.1, 0.15) is 0 Å². The van der Waals surface area contributed by atoms with Crippen LogP contribution in [-0.4, -0.2) is 11.0 Å². The van der Waals surface area contributed by atoms with E-state index in [2.05, 4.69) is 17.4 Å². The summed E-state index contributed by atoms with van der Waals surface area (Å²) in [4.78, 5) is 6.07. The van der Waals surface area contributed by atoms with Gasteiger partial charge in [-0.25, -0.2) is 4.98 Å². The Bertz CT molecular complexity index is 601. The van der Waals surface area contributed by atoms with Crippen molar-refractivity contribution >= 4 is 28.1 Å². The van der Waals surface area contributed by atoms with Gasteiger partial charge in [-0.15, -0.1) is 11.3 Å². The van der Waals surface area contributed by atoms with Gasteiger partial charge in [0.25, 0.3) is 0 Å². The average Bonchev–Trinajstić information content (AvgIpc) is 2.91. The van der Waals surface area contributed by atoms with Crippen LogP contribution in [0.25, 0.3) is 11.3 Å². The van der Waals surface area contributed by atoms with E-state index in [9.17, 15) is 0 Å². The molecule has 1 fully saturated rings. The predicted molar refractivity (Wildman–Crippen MR) is 72.0 cm³/mol. The number of aromatic nitrogens is 1. The molecule has 2 aliphatic rings. The van der Waals surface area contributed by atoms with Crippen LogP contribution < -0.4 is 5.32 Å². The number of hydrogen-bond donors (Lipinski definition) is 1. The highest BCUT2D eigenvalue weighted by molar-refractivity contribution is 7.16. The van der Waals surface area contributed by atoms with E-state index in [1.54, 1.807) is 11.3 Å². The molecule has 1 heterocycles. The Kier molecular flexibility index (Phi) is 2.02. The first-order valence-electron chi connectivity index (χ1n) is 5.84. The first kappa shape index (κ1) is 9.92. The molecule has 0 spiro atoms. The second-order valence-electron chi connectivity index (χ2n) is 4.69. The molecule has 4 rings (SSSR count). The van der Waals surface area contributed by atoms with Gasteiger partial charge in [0, 0.05) is 27.9 Å². The summed E-state index contributed by atoms with van der Waals surface area (Å²) in [6.45, 7) is 0. The van der Waals surface area contributed by atoms with Crippen LogP contribution >= 0.6 is 22.9 Å². The molecule has 2 aromatic rings. The van der Waals surface area contributed by atoms with Gasteiger partial charge in [0.15, 0.2) is 5.13 Å². The molecule has 0 aliphatic heterocycles. The van der Waals surface area contributed by atoms with E-state index in [0.717, 1.165) is 22.3 Å². The van der Waals surface area contributed by atoms with Gasteiger partial charge in [0.2, 0.25) is 0 Å². The highest BCUT2D eigenvalue weighted by atomic mass is 35.5. The molecule has 0 saturated heterocycles. The zero-order valence-corrected chi connectivity index (χ0v) is 10.7. The molecule has 0 atom stereocenters. The summed E-state index contributed by atoms with van der Waals surface area (Å²) >= 11 is 7.80. The van der Waals surface area contributed by atoms with Crippen LogP contribution in [0.4, 0.5) is 5.13 Å². The molecule has 1 aromatic heterocycles. The molecule has 2 aliphatic carbocycles. The Labute approximate surface area is 109 Å². The smallest absolute Gasteiger partial charge is 0.183 e. The fourth-order valence-corrected chi connectivity index (χ4v) is 3.53. The molecule has 0 amide bonds. The van der Waals surface area contributed by atoms with Crippen molar-refractivity contribution in [3.63, 3.8) is 0 Å². The Morgan fingerprint density at radius 1 is 1.35 bits per heavy atom. The van der Waals surface area contributed by atoms with Gasteiger partial charge in [-0.2, -0.15) is 0 Å². The number of hydrogen-bond acceptors (Lipinski definition) is 3. The van der Waals surface area contributed by atoms with Gasteiger partial charge in [0.05, 0.1) is 5.69 Å². The van der Waals surface area contributed by atoms with E-state index in [0.29, 0.717) is 6.04 Å². The topological polar surface area (TPSA) is 24.9 Å². The fraction of sp³-hybridized carbons (Fsp3) is 0.308. The van der Waals surface area contributed by atoms with Gasteiger partial charge >= 0.3 is 0 Å². The molecule has 0 unspecified atom stereocenters. The number of thiazole rings is 1. The summed E-state index contributed by atoms with van der Waals surface area (Å²) in [5, 5.41) is 5.37. The highest BCUT2D eigenvalue weighted by Gasteiger charge is 2.26. The fourth-order valence-electron chi connectivity index (χ4n) is 2.26. The maximum Gasteiger partial charge on any atom is 0.183 e. The molecule has 1 saturated carbocycles. The third-order valence-corrected chi connectivity index (χ3v) is 4.50. The van der Waals surface area contributed by atoms with Gasteiger partial charge in [-0.1, -0.05) is 17.7 Å². The van der Waals surface area contributed by atoms with E-state index >= 15 is 0 Å². The summed E-state index contributed by atoms with van der Waals surface area (Å²) in [6, 6.07) is 6.76. The Morgan fingerprint density at radius 2 is 2.24 bits per heavy atom. The lowest BCUT2D eigenvalue weighted by molar-refractivity contribution is 1.14. The summed E-state index contributed by atoms with van der Waals surface area (Å²) < 4.78 is 0. The SMILES string of the molecule is Clc1ccc2c(c1)Cc1sc(NC3CC3)nc1-2. The number of nitrogens with one attached hydrogen (secondary N) is 1. The summed E-state index contributed by atoms with van der Waals surface area (Å²) in [7, 11) is 0. The minimum atomic E-state index is 0.672. The Morgan fingerprint density at radius 3 is 3.06 bits per heavy atom. The highest BCUT2D eigenvalue weighted by Crippen LogP contribution is 2.42. The van der Waals surface area contributed by atoms with Crippen LogP contribution in [0.2, 0.25) is 5.02 Å². The van der Waals surface area contributed by atoms with Crippen molar-refractivity contribution in [2.75, 3.05) is 5.32 Å². The minimum absolute atomic E-state index is 0.672. The first-order chi connectivity index (χ1) is 8.29. The Balaban J connectivity index is 1.74. The predicted octanol–water partition coefficient (Wildman–Crippen LogP) is 3.94. The summed E-state index contributed by atoms with van der Waals surface area (Å²) in [5.74, 6) is 0. The van der Waals surface area contributed by atoms with Crippen LogP contribution in [0.5, 0.6) is 0 Å². The van der Waals surface area contributed by atoms with Crippen LogP contribution in [0.15, 0.2) is 18.2 Å². The zero-order valence-electron chi connectivity index (χ0n) is 9.16. The van der Waals surface area contributed by atoms with Crippen molar-refractivity contribution in [2.24, 2.45) is 0 Å². The van der Waals surface area contributed by atoms with Gasteiger partial charge < -0.3 is 5.32 Å². The van der Waals surface area contributed by atoms with E-state index in [4.69, 9.17) is 16.6 Å². The standard InChI is InChI=1S/C13H11ClN2S/c14-8-1-4-10-7(5-8)6-11-12(10)16-13(17-11)15-9-2-3-9/h1,4-5,9H,2-3,6H2,(H,15,16). The van der Waals surface area contributed by atoms with Gasteiger partial charge in [-0.05, 0) is 30.5 Å². The third kappa shape index (κ3) is 1.65. The number of anilines is 1. The maximum absolute atomic E-state index is 6.01. The molecule has 4 heteroatoms. The zero-order chi connectivity index (χ0) is 11.4. The molecule has 1 aromatic carbocycles.